The highest BCUT2D eigenvalue weighted by molar-refractivity contribution is 7.80. The van der Waals surface area contributed by atoms with Crippen molar-refractivity contribution in [2.45, 2.75) is 31.8 Å². The molecule has 0 spiro atoms. The smallest absolute Gasteiger partial charge is 0.166 e. The highest BCUT2D eigenvalue weighted by Crippen LogP contribution is 2.18. The molecule has 5 heteroatoms. The summed E-state index contributed by atoms with van der Waals surface area (Å²) in [7, 11) is 0. The van der Waals surface area contributed by atoms with Crippen LogP contribution in [0, 0.1) is 0 Å². The monoisotopic (exact) mass is 224 g/mol. The molecule has 1 fully saturated rings. The molecule has 1 aromatic heterocycles. The van der Waals surface area contributed by atoms with E-state index < -0.39 is 0 Å². The van der Waals surface area contributed by atoms with Crippen molar-refractivity contribution in [1.29, 1.82) is 0 Å². The summed E-state index contributed by atoms with van der Waals surface area (Å²) < 4.78 is 1.93. The largest absolute Gasteiger partial charge is 0.363 e. The third-order valence-corrected chi connectivity index (χ3v) is 2.58. The number of nitrogens with one attached hydrogen (secondary N) is 2. The Hall–Kier alpha value is -1.10. The van der Waals surface area contributed by atoms with Crippen LogP contribution < -0.4 is 10.6 Å². The first-order valence-corrected chi connectivity index (χ1v) is 5.77. The van der Waals surface area contributed by atoms with Gasteiger partial charge in [0, 0.05) is 31.5 Å². The molecule has 2 N–H and O–H groups in total. The Kier molecular flexibility index (Phi) is 3.55. The predicted molar refractivity (Wildman–Crippen MR) is 63.6 cm³/mol. The van der Waals surface area contributed by atoms with E-state index in [-0.39, 0.29) is 0 Å². The second kappa shape index (κ2) is 5.11. The number of hydrogen-bond acceptors (Lipinski definition) is 2. The summed E-state index contributed by atoms with van der Waals surface area (Å²) in [6, 6.07) is 2.57. The summed E-state index contributed by atoms with van der Waals surface area (Å²) in [6.07, 6.45) is 7.33. The molecule has 0 bridgehead atoms. The van der Waals surface area contributed by atoms with Crippen LogP contribution in [-0.2, 0) is 6.54 Å². The minimum absolute atomic E-state index is 0.635. The lowest BCUT2D eigenvalue weighted by Crippen LogP contribution is -2.37. The number of thiocarbonyl (C=S) groups is 1. The highest BCUT2D eigenvalue weighted by Gasteiger charge is 2.21. The van der Waals surface area contributed by atoms with Crippen LogP contribution in [0.2, 0.25) is 0 Å². The molecule has 2 rings (SSSR count). The van der Waals surface area contributed by atoms with Gasteiger partial charge in [-0.15, -0.1) is 0 Å². The second-order valence-corrected chi connectivity index (χ2v) is 4.21. The zero-order chi connectivity index (χ0) is 10.5. The third kappa shape index (κ3) is 3.87. The van der Waals surface area contributed by atoms with E-state index in [1.54, 1.807) is 6.20 Å². The molecule has 1 saturated carbocycles. The summed E-state index contributed by atoms with van der Waals surface area (Å²) >= 11 is 5.14. The van der Waals surface area contributed by atoms with Crippen molar-refractivity contribution >= 4 is 17.3 Å². The lowest BCUT2D eigenvalue weighted by molar-refractivity contribution is 0.571. The van der Waals surface area contributed by atoms with Gasteiger partial charge < -0.3 is 10.6 Å². The van der Waals surface area contributed by atoms with Crippen molar-refractivity contribution in [3.63, 3.8) is 0 Å². The van der Waals surface area contributed by atoms with Gasteiger partial charge in [-0.3, -0.25) is 4.68 Å². The summed E-state index contributed by atoms with van der Waals surface area (Å²) in [5, 5.41) is 11.4. The average Bonchev–Trinajstić information content (AvgIpc) is 2.87. The fraction of sp³-hybridized carbons (Fsp3) is 0.600. The van der Waals surface area contributed by atoms with Gasteiger partial charge in [-0.1, -0.05) is 0 Å². The Morgan fingerprint density at radius 3 is 3.07 bits per heavy atom. The zero-order valence-corrected chi connectivity index (χ0v) is 9.46. The molecule has 1 aromatic rings. The topological polar surface area (TPSA) is 41.9 Å². The van der Waals surface area contributed by atoms with Gasteiger partial charge in [0.1, 0.15) is 0 Å². The van der Waals surface area contributed by atoms with E-state index in [1.165, 1.54) is 12.8 Å². The fourth-order valence-electron chi connectivity index (χ4n) is 1.34. The molecule has 0 atom stereocenters. The second-order valence-electron chi connectivity index (χ2n) is 3.80. The number of nitrogens with zero attached hydrogens (tertiary/aromatic N) is 2. The number of aromatic nitrogens is 2. The van der Waals surface area contributed by atoms with E-state index in [9.17, 15) is 0 Å². The maximum atomic E-state index is 5.14. The molecule has 0 amide bonds. The summed E-state index contributed by atoms with van der Waals surface area (Å²) in [5.74, 6) is 0. The number of aryl methyl sites for hydroxylation is 1. The molecular weight excluding hydrogens is 208 g/mol. The van der Waals surface area contributed by atoms with Crippen LogP contribution in [0.15, 0.2) is 18.5 Å². The van der Waals surface area contributed by atoms with Gasteiger partial charge in [0.25, 0.3) is 0 Å². The number of rotatable bonds is 5. The molecule has 0 aromatic carbocycles. The third-order valence-electron chi connectivity index (χ3n) is 2.32. The standard InChI is InChI=1S/C10H16N4S/c15-10(13-9-3-4-9)11-5-1-7-14-8-2-6-12-14/h2,6,8-9H,1,3-5,7H2,(H2,11,13,15). The van der Waals surface area contributed by atoms with E-state index in [4.69, 9.17) is 12.2 Å². The Morgan fingerprint density at radius 2 is 2.40 bits per heavy atom. The van der Waals surface area contributed by atoms with Gasteiger partial charge >= 0.3 is 0 Å². The molecular formula is C10H16N4S. The van der Waals surface area contributed by atoms with Crippen molar-refractivity contribution in [1.82, 2.24) is 20.4 Å². The van der Waals surface area contributed by atoms with Crippen molar-refractivity contribution in [3.8, 4) is 0 Å². The Labute approximate surface area is 95.0 Å². The minimum atomic E-state index is 0.635. The molecule has 0 aliphatic heterocycles. The van der Waals surface area contributed by atoms with Gasteiger partial charge in [0.15, 0.2) is 5.11 Å². The van der Waals surface area contributed by atoms with E-state index in [1.807, 2.05) is 16.9 Å². The summed E-state index contributed by atoms with van der Waals surface area (Å²) in [6.45, 7) is 1.84. The Morgan fingerprint density at radius 1 is 1.53 bits per heavy atom. The molecule has 0 radical (unpaired) electrons. The maximum absolute atomic E-state index is 5.14. The normalized spacial score (nSPS) is 14.9. The van der Waals surface area contributed by atoms with Gasteiger partial charge in [-0.05, 0) is 37.5 Å². The quantitative estimate of drug-likeness (QED) is 0.576. The van der Waals surface area contributed by atoms with Crippen LogP contribution in [0.4, 0.5) is 0 Å². The lowest BCUT2D eigenvalue weighted by atomic mass is 10.4. The van der Waals surface area contributed by atoms with Crippen molar-refractivity contribution in [2.24, 2.45) is 0 Å². The van der Waals surface area contributed by atoms with E-state index in [2.05, 4.69) is 15.7 Å². The van der Waals surface area contributed by atoms with E-state index in [0.717, 1.165) is 24.6 Å². The molecule has 1 aliphatic carbocycles. The van der Waals surface area contributed by atoms with E-state index >= 15 is 0 Å². The van der Waals surface area contributed by atoms with Crippen LogP contribution in [0.5, 0.6) is 0 Å². The number of hydrogen-bond donors (Lipinski definition) is 2. The van der Waals surface area contributed by atoms with Gasteiger partial charge in [-0.25, -0.2) is 0 Å². The summed E-state index contributed by atoms with van der Waals surface area (Å²) in [4.78, 5) is 0. The van der Waals surface area contributed by atoms with Crippen LogP contribution in [0.1, 0.15) is 19.3 Å². The van der Waals surface area contributed by atoms with Crippen LogP contribution in [0.3, 0.4) is 0 Å². The Balaban J connectivity index is 1.52. The molecule has 0 unspecified atom stereocenters. The summed E-state index contributed by atoms with van der Waals surface area (Å²) in [5.41, 5.74) is 0. The minimum Gasteiger partial charge on any atom is -0.363 e. The maximum Gasteiger partial charge on any atom is 0.166 e. The van der Waals surface area contributed by atoms with Gasteiger partial charge in [0.2, 0.25) is 0 Å². The van der Waals surface area contributed by atoms with Gasteiger partial charge in [0.05, 0.1) is 0 Å². The van der Waals surface area contributed by atoms with Crippen LogP contribution >= 0.6 is 12.2 Å². The first-order valence-electron chi connectivity index (χ1n) is 5.36. The average molecular weight is 224 g/mol. The van der Waals surface area contributed by atoms with Crippen molar-refractivity contribution in [2.75, 3.05) is 6.54 Å². The molecule has 82 valence electrons. The van der Waals surface area contributed by atoms with Crippen molar-refractivity contribution in [3.05, 3.63) is 18.5 Å². The van der Waals surface area contributed by atoms with E-state index in [0.29, 0.717) is 6.04 Å². The fourth-order valence-corrected chi connectivity index (χ4v) is 1.61. The Bertz CT molecular complexity index is 305. The zero-order valence-electron chi connectivity index (χ0n) is 8.65. The molecule has 1 aliphatic rings. The molecule has 15 heavy (non-hydrogen) atoms. The lowest BCUT2D eigenvalue weighted by Gasteiger charge is -2.09. The molecule has 0 saturated heterocycles. The first kappa shape index (κ1) is 10.4. The van der Waals surface area contributed by atoms with Crippen molar-refractivity contribution < 1.29 is 0 Å². The van der Waals surface area contributed by atoms with Gasteiger partial charge in [-0.2, -0.15) is 5.10 Å². The molecule has 4 nitrogen and oxygen atoms in total. The first-order chi connectivity index (χ1) is 7.34. The SMILES string of the molecule is S=C(NCCCn1cccn1)NC1CC1. The predicted octanol–water partition coefficient (Wildman–Crippen LogP) is 0.900. The van der Waals surface area contributed by atoms with Crippen LogP contribution in [0.25, 0.3) is 0 Å². The highest BCUT2D eigenvalue weighted by atomic mass is 32.1. The van der Waals surface area contributed by atoms with Crippen LogP contribution in [-0.4, -0.2) is 27.5 Å². The molecule has 1 heterocycles.